The number of oxazole rings is 1. The van der Waals surface area contributed by atoms with E-state index in [1.165, 1.54) is 0 Å². The zero-order valence-electron chi connectivity index (χ0n) is 12.0. The lowest BCUT2D eigenvalue weighted by Crippen LogP contribution is -2.54. The number of hydrogen-bond donors (Lipinski definition) is 1. The van der Waals surface area contributed by atoms with Crippen molar-refractivity contribution in [1.82, 2.24) is 14.8 Å². The summed E-state index contributed by atoms with van der Waals surface area (Å²) in [5, 5.41) is 0. The highest BCUT2D eigenvalue weighted by Crippen LogP contribution is 2.15. The third-order valence-electron chi connectivity index (χ3n) is 3.66. The van der Waals surface area contributed by atoms with Crippen molar-refractivity contribution < 1.29 is 9.21 Å². The van der Waals surface area contributed by atoms with E-state index in [2.05, 4.69) is 9.88 Å². The van der Waals surface area contributed by atoms with E-state index >= 15 is 0 Å². The van der Waals surface area contributed by atoms with Gasteiger partial charge in [-0.1, -0.05) is 12.2 Å². The second kappa shape index (κ2) is 5.88. The Morgan fingerprint density at radius 3 is 2.40 bits per heavy atom. The van der Waals surface area contributed by atoms with E-state index in [1.54, 1.807) is 18.7 Å². The Bertz CT molecular complexity index is 520. The van der Waals surface area contributed by atoms with Gasteiger partial charge in [-0.05, 0) is 13.8 Å². The number of aromatic nitrogens is 1. The average Bonchev–Trinajstić information content (AvgIpc) is 2.76. The summed E-state index contributed by atoms with van der Waals surface area (Å²) in [5.74, 6) is 0.774. The van der Waals surface area contributed by atoms with Gasteiger partial charge in [-0.15, -0.1) is 0 Å². The molecule has 6 nitrogen and oxygen atoms in total. The molecule has 1 amide bonds. The summed E-state index contributed by atoms with van der Waals surface area (Å²) >= 11 is 5.01. The summed E-state index contributed by atoms with van der Waals surface area (Å²) in [5.41, 5.74) is 6.31. The fourth-order valence-electron chi connectivity index (χ4n) is 2.37. The van der Waals surface area contributed by atoms with E-state index < -0.39 is 0 Å². The van der Waals surface area contributed by atoms with Crippen molar-refractivity contribution in [3.8, 4) is 0 Å². The number of rotatable bonds is 3. The number of hydrogen-bond acceptors (Lipinski definition) is 5. The van der Waals surface area contributed by atoms with Crippen LogP contribution in [0.1, 0.15) is 29.1 Å². The summed E-state index contributed by atoms with van der Waals surface area (Å²) in [6.07, 6.45) is 0. The van der Waals surface area contributed by atoms with Crippen LogP contribution in [0.2, 0.25) is 0 Å². The number of aryl methyl sites for hydroxylation is 2. The molecule has 110 valence electrons. The van der Waals surface area contributed by atoms with Gasteiger partial charge in [0, 0.05) is 33.1 Å². The first kappa shape index (κ1) is 14.9. The van der Waals surface area contributed by atoms with E-state index in [0.717, 1.165) is 13.1 Å². The maximum atomic E-state index is 12.4. The van der Waals surface area contributed by atoms with Crippen LogP contribution in [0, 0.1) is 13.8 Å². The van der Waals surface area contributed by atoms with Crippen LogP contribution in [0.4, 0.5) is 0 Å². The summed E-state index contributed by atoms with van der Waals surface area (Å²) in [7, 11) is 0. The smallest absolute Gasteiger partial charge is 0.291 e. The fraction of sp³-hybridized carbons (Fsp3) is 0.615. The highest BCUT2D eigenvalue weighted by molar-refractivity contribution is 7.80. The van der Waals surface area contributed by atoms with Crippen molar-refractivity contribution >= 4 is 23.1 Å². The van der Waals surface area contributed by atoms with Crippen LogP contribution in [0.15, 0.2) is 4.42 Å². The number of piperazine rings is 1. The lowest BCUT2D eigenvalue weighted by Gasteiger charge is -2.37. The Kier molecular flexibility index (Phi) is 4.39. The maximum Gasteiger partial charge on any atom is 0.291 e. The molecule has 1 unspecified atom stereocenters. The van der Waals surface area contributed by atoms with Gasteiger partial charge < -0.3 is 15.1 Å². The highest BCUT2D eigenvalue weighted by Gasteiger charge is 2.28. The van der Waals surface area contributed by atoms with Crippen LogP contribution in [0.3, 0.4) is 0 Å². The monoisotopic (exact) mass is 296 g/mol. The molecule has 0 spiro atoms. The summed E-state index contributed by atoms with van der Waals surface area (Å²) in [4.78, 5) is 21.0. The normalized spacial score (nSPS) is 18.1. The summed E-state index contributed by atoms with van der Waals surface area (Å²) in [6, 6.07) is 0.0662. The van der Waals surface area contributed by atoms with Gasteiger partial charge in [-0.2, -0.15) is 0 Å². The van der Waals surface area contributed by atoms with Gasteiger partial charge in [0.1, 0.15) is 0 Å². The van der Waals surface area contributed by atoms with Gasteiger partial charge in [-0.3, -0.25) is 9.69 Å². The molecule has 0 aliphatic carbocycles. The SMILES string of the molecule is Cc1nc(C)c(C(=O)N2CCN(C(C)C(N)=S)CC2)o1. The van der Waals surface area contributed by atoms with E-state index in [9.17, 15) is 4.79 Å². The third-order valence-corrected chi connectivity index (χ3v) is 4.00. The van der Waals surface area contributed by atoms with Crippen molar-refractivity contribution in [3.05, 3.63) is 17.3 Å². The van der Waals surface area contributed by atoms with Crippen LogP contribution in [0.5, 0.6) is 0 Å². The number of thiocarbonyl (C=S) groups is 1. The van der Waals surface area contributed by atoms with Gasteiger partial charge in [0.2, 0.25) is 5.76 Å². The molecule has 1 atom stereocenters. The lowest BCUT2D eigenvalue weighted by molar-refractivity contribution is 0.0589. The standard InChI is InChI=1S/C13H20N4O2S/c1-8-11(19-10(3)15-8)13(18)17-6-4-16(5-7-17)9(2)12(14)20/h9H,4-7H2,1-3H3,(H2,14,20). The molecule has 7 heteroatoms. The summed E-state index contributed by atoms with van der Waals surface area (Å²) in [6.45, 7) is 8.33. The molecule has 0 saturated carbocycles. The highest BCUT2D eigenvalue weighted by atomic mass is 32.1. The first-order valence-electron chi connectivity index (χ1n) is 6.67. The van der Waals surface area contributed by atoms with Gasteiger partial charge in [0.25, 0.3) is 5.91 Å². The van der Waals surface area contributed by atoms with Crippen LogP contribution in [-0.4, -0.2) is 57.9 Å². The second-order valence-corrected chi connectivity index (χ2v) is 5.53. The molecule has 1 saturated heterocycles. The van der Waals surface area contributed by atoms with Crippen LogP contribution < -0.4 is 5.73 Å². The molecule has 20 heavy (non-hydrogen) atoms. The lowest BCUT2D eigenvalue weighted by atomic mass is 10.2. The first-order chi connectivity index (χ1) is 9.40. The molecule has 2 rings (SSSR count). The molecule has 0 radical (unpaired) electrons. The topological polar surface area (TPSA) is 75.6 Å². The van der Waals surface area contributed by atoms with Gasteiger partial charge >= 0.3 is 0 Å². The molecule has 0 aromatic carbocycles. The maximum absolute atomic E-state index is 12.4. The Balaban J connectivity index is 1.99. The Morgan fingerprint density at radius 1 is 1.35 bits per heavy atom. The van der Waals surface area contributed by atoms with Gasteiger partial charge in [-0.25, -0.2) is 4.98 Å². The molecule has 1 aliphatic rings. The van der Waals surface area contributed by atoms with Crippen molar-refractivity contribution in [2.75, 3.05) is 26.2 Å². The molecular formula is C13H20N4O2S. The van der Waals surface area contributed by atoms with Gasteiger partial charge in [0.15, 0.2) is 5.89 Å². The summed E-state index contributed by atoms with van der Waals surface area (Å²) < 4.78 is 5.39. The molecule has 1 aromatic heterocycles. The zero-order valence-corrected chi connectivity index (χ0v) is 12.9. The predicted molar refractivity (Wildman–Crippen MR) is 79.7 cm³/mol. The molecule has 2 heterocycles. The van der Waals surface area contributed by atoms with Crippen LogP contribution >= 0.6 is 12.2 Å². The average molecular weight is 296 g/mol. The van der Waals surface area contributed by atoms with Crippen LogP contribution in [0.25, 0.3) is 0 Å². The minimum absolute atomic E-state index is 0.0662. The van der Waals surface area contributed by atoms with Crippen molar-refractivity contribution in [1.29, 1.82) is 0 Å². The van der Waals surface area contributed by atoms with Gasteiger partial charge in [0.05, 0.1) is 16.7 Å². The largest absolute Gasteiger partial charge is 0.436 e. The van der Waals surface area contributed by atoms with Crippen molar-refractivity contribution in [2.24, 2.45) is 5.73 Å². The molecule has 1 fully saturated rings. The van der Waals surface area contributed by atoms with E-state index in [1.807, 2.05) is 6.92 Å². The molecular weight excluding hydrogens is 276 g/mol. The zero-order chi connectivity index (χ0) is 14.9. The van der Waals surface area contributed by atoms with E-state index in [0.29, 0.717) is 35.4 Å². The third kappa shape index (κ3) is 2.99. The van der Waals surface area contributed by atoms with Crippen molar-refractivity contribution in [3.63, 3.8) is 0 Å². The quantitative estimate of drug-likeness (QED) is 0.829. The minimum atomic E-state index is -0.0919. The van der Waals surface area contributed by atoms with Crippen molar-refractivity contribution in [2.45, 2.75) is 26.8 Å². The molecule has 1 aromatic rings. The molecule has 0 bridgehead atoms. The minimum Gasteiger partial charge on any atom is -0.436 e. The molecule has 1 aliphatic heterocycles. The number of nitrogens with zero attached hydrogens (tertiary/aromatic N) is 3. The van der Waals surface area contributed by atoms with Crippen LogP contribution in [-0.2, 0) is 0 Å². The number of amides is 1. The Hall–Kier alpha value is -1.47. The Morgan fingerprint density at radius 2 is 1.95 bits per heavy atom. The number of carbonyl (C=O) groups excluding carboxylic acids is 1. The first-order valence-corrected chi connectivity index (χ1v) is 7.07. The van der Waals surface area contributed by atoms with E-state index in [-0.39, 0.29) is 11.9 Å². The number of carbonyl (C=O) groups is 1. The Labute approximate surface area is 123 Å². The second-order valence-electron chi connectivity index (χ2n) is 5.05. The van der Waals surface area contributed by atoms with E-state index in [4.69, 9.17) is 22.4 Å². The molecule has 2 N–H and O–H groups in total. The predicted octanol–water partition coefficient (Wildman–Crippen LogP) is 0.724. The number of nitrogens with two attached hydrogens (primary N) is 1. The fourth-order valence-corrected chi connectivity index (χ4v) is 2.51.